The highest BCUT2D eigenvalue weighted by Gasteiger charge is 2.46. The van der Waals surface area contributed by atoms with Crippen molar-refractivity contribution in [2.24, 2.45) is 11.8 Å². The molecule has 0 heterocycles. The number of fused-ring (bicyclic) bond motifs is 1. The van der Waals surface area contributed by atoms with Crippen molar-refractivity contribution >= 4 is 29.0 Å². The van der Waals surface area contributed by atoms with E-state index in [9.17, 15) is 19.5 Å². The van der Waals surface area contributed by atoms with E-state index >= 15 is 0 Å². The van der Waals surface area contributed by atoms with Crippen molar-refractivity contribution in [3.05, 3.63) is 64.2 Å². The minimum absolute atomic E-state index is 0.131. The molecule has 1 unspecified atom stereocenters. The molecule has 0 radical (unpaired) electrons. The molecule has 1 atom stereocenters. The molecule has 2 aromatic rings. The Balaban J connectivity index is 1.54. The van der Waals surface area contributed by atoms with E-state index in [4.69, 9.17) is 11.6 Å². The predicted octanol–water partition coefficient (Wildman–Crippen LogP) is 4.58. The van der Waals surface area contributed by atoms with E-state index in [1.807, 2.05) is 24.3 Å². The zero-order valence-electron chi connectivity index (χ0n) is 14.7. The van der Waals surface area contributed by atoms with E-state index in [1.165, 1.54) is 23.8 Å². The summed E-state index contributed by atoms with van der Waals surface area (Å²) >= 11 is 5.95. The maximum atomic E-state index is 12.9. The van der Waals surface area contributed by atoms with E-state index in [-0.39, 0.29) is 28.6 Å². The number of phenols is 1. The highest BCUT2D eigenvalue weighted by molar-refractivity contribution is 6.52. The fraction of sp³-hybridized carbons (Fsp3) is 0.318. The quantitative estimate of drug-likeness (QED) is 0.609. The Bertz CT molecular complexity index is 924. The summed E-state index contributed by atoms with van der Waals surface area (Å²) in [6.45, 7) is 0. The molecule has 0 bridgehead atoms. The molecule has 4 rings (SSSR count). The average Bonchev–Trinajstić information content (AvgIpc) is 2.67. The van der Waals surface area contributed by atoms with Gasteiger partial charge < -0.3 is 5.11 Å². The molecule has 27 heavy (non-hydrogen) atoms. The molecule has 0 spiro atoms. The van der Waals surface area contributed by atoms with Crippen molar-refractivity contribution in [3.63, 3.8) is 0 Å². The topological polar surface area (TPSA) is 71.4 Å². The van der Waals surface area contributed by atoms with Crippen LogP contribution in [0.15, 0.2) is 42.5 Å². The van der Waals surface area contributed by atoms with Gasteiger partial charge in [-0.25, -0.2) is 0 Å². The fourth-order valence-electron chi connectivity index (χ4n) is 4.48. The Labute approximate surface area is 162 Å². The molecule has 0 aromatic heterocycles. The molecule has 0 amide bonds. The minimum atomic E-state index is -0.919. The van der Waals surface area contributed by atoms with Crippen molar-refractivity contribution in [2.75, 3.05) is 0 Å². The van der Waals surface area contributed by atoms with Crippen LogP contribution in [0.2, 0.25) is 5.02 Å². The molecular formula is C22H19ClO4. The standard InChI is InChI=1S/C22H19ClO4/c23-15-10-8-13(9-11-15)12-4-6-14(7-5-12)18-20(25)16-2-1-3-17(24)19(16)22(27)21(18)26/h1-3,8-12,14,18,24H,4-7H2. The molecule has 2 aromatic carbocycles. The third-order valence-corrected chi connectivity index (χ3v) is 6.16. The summed E-state index contributed by atoms with van der Waals surface area (Å²) in [6.07, 6.45) is 3.17. The summed E-state index contributed by atoms with van der Waals surface area (Å²) in [5.74, 6) is -2.73. The highest BCUT2D eigenvalue weighted by atomic mass is 35.5. The Morgan fingerprint density at radius 2 is 1.52 bits per heavy atom. The number of ketones is 3. The van der Waals surface area contributed by atoms with Gasteiger partial charge in [-0.1, -0.05) is 35.9 Å². The van der Waals surface area contributed by atoms with Crippen LogP contribution in [-0.4, -0.2) is 22.5 Å². The molecule has 0 saturated heterocycles. The van der Waals surface area contributed by atoms with Crippen molar-refractivity contribution in [2.45, 2.75) is 31.6 Å². The Hall–Kier alpha value is -2.46. The van der Waals surface area contributed by atoms with Gasteiger partial charge in [-0.3, -0.25) is 14.4 Å². The van der Waals surface area contributed by atoms with Crippen LogP contribution < -0.4 is 0 Å². The van der Waals surface area contributed by atoms with Gasteiger partial charge >= 0.3 is 0 Å². The van der Waals surface area contributed by atoms with Gasteiger partial charge in [0, 0.05) is 10.6 Å². The van der Waals surface area contributed by atoms with Gasteiger partial charge in [0.25, 0.3) is 0 Å². The molecule has 5 heteroatoms. The molecule has 2 aliphatic carbocycles. The molecule has 0 aliphatic heterocycles. The molecule has 2 aliphatic rings. The lowest BCUT2D eigenvalue weighted by atomic mass is 9.67. The molecular weight excluding hydrogens is 364 g/mol. The molecule has 138 valence electrons. The Morgan fingerprint density at radius 1 is 0.852 bits per heavy atom. The van der Waals surface area contributed by atoms with Crippen molar-refractivity contribution in [3.8, 4) is 5.75 Å². The predicted molar refractivity (Wildman–Crippen MR) is 101 cm³/mol. The van der Waals surface area contributed by atoms with E-state index in [0.717, 1.165) is 25.7 Å². The molecule has 1 saturated carbocycles. The van der Waals surface area contributed by atoms with E-state index < -0.39 is 17.5 Å². The zero-order chi connectivity index (χ0) is 19.1. The van der Waals surface area contributed by atoms with Crippen LogP contribution in [0.4, 0.5) is 0 Å². The first-order chi connectivity index (χ1) is 13.0. The van der Waals surface area contributed by atoms with Gasteiger partial charge in [-0.05, 0) is 61.3 Å². The smallest absolute Gasteiger partial charge is 0.233 e. The first kappa shape index (κ1) is 17.9. The zero-order valence-corrected chi connectivity index (χ0v) is 15.4. The number of Topliss-reactive ketones (excluding diaryl/α,β-unsaturated/α-hetero) is 3. The van der Waals surface area contributed by atoms with Crippen molar-refractivity contribution in [1.29, 1.82) is 0 Å². The second-order valence-corrected chi connectivity index (χ2v) is 7.83. The van der Waals surface area contributed by atoms with Crippen LogP contribution in [0.25, 0.3) is 0 Å². The highest BCUT2D eigenvalue weighted by Crippen LogP contribution is 2.42. The number of phenolic OH excluding ortho intramolecular Hbond substituents is 1. The lowest BCUT2D eigenvalue weighted by Gasteiger charge is -2.34. The van der Waals surface area contributed by atoms with Crippen LogP contribution in [0, 0.1) is 11.8 Å². The third kappa shape index (κ3) is 3.08. The SMILES string of the molecule is O=C1C(=O)C(C2CCC(c3ccc(Cl)cc3)CC2)C(=O)c2cccc(O)c21. The van der Waals surface area contributed by atoms with Gasteiger partial charge in [0.2, 0.25) is 11.6 Å². The van der Waals surface area contributed by atoms with E-state index in [0.29, 0.717) is 10.9 Å². The summed E-state index contributed by atoms with van der Waals surface area (Å²) in [4.78, 5) is 38.0. The van der Waals surface area contributed by atoms with Crippen LogP contribution in [-0.2, 0) is 4.79 Å². The lowest BCUT2D eigenvalue weighted by molar-refractivity contribution is -0.119. The summed E-state index contributed by atoms with van der Waals surface area (Å²) < 4.78 is 0. The summed E-state index contributed by atoms with van der Waals surface area (Å²) in [6, 6.07) is 12.2. The largest absolute Gasteiger partial charge is 0.507 e. The summed E-state index contributed by atoms with van der Waals surface area (Å²) in [7, 11) is 0. The van der Waals surface area contributed by atoms with Gasteiger partial charge in [0.15, 0.2) is 5.78 Å². The maximum Gasteiger partial charge on any atom is 0.233 e. The second-order valence-electron chi connectivity index (χ2n) is 7.40. The molecule has 4 nitrogen and oxygen atoms in total. The van der Waals surface area contributed by atoms with Gasteiger partial charge in [-0.2, -0.15) is 0 Å². The fourth-order valence-corrected chi connectivity index (χ4v) is 4.61. The summed E-state index contributed by atoms with van der Waals surface area (Å²) in [5, 5.41) is 10.6. The maximum absolute atomic E-state index is 12.9. The van der Waals surface area contributed by atoms with Gasteiger partial charge in [0.05, 0.1) is 11.5 Å². The van der Waals surface area contributed by atoms with Crippen LogP contribution in [0.3, 0.4) is 0 Å². The van der Waals surface area contributed by atoms with E-state index in [2.05, 4.69) is 0 Å². The van der Waals surface area contributed by atoms with Crippen LogP contribution in [0.5, 0.6) is 5.75 Å². The van der Waals surface area contributed by atoms with Crippen molar-refractivity contribution < 1.29 is 19.5 Å². The minimum Gasteiger partial charge on any atom is -0.507 e. The van der Waals surface area contributed by atoms with Crippen LogP contribution in [0.1, 0.15) is 57.9 Å². The van der Waals surface area contributed by atoms with Crippen molar-refractivity contribution in [1.82, 2.24) is 0 Å². The lowest BCUT2D eigenvalue weighted by Crippen LogP contribution is -2.42. The molecule has 1 fully saturated rings. The number of rotatable bonds is 2. The number of benzene rings is 2. The van der Waals surface area contributed by atoms with Crippen LogP contribution >= 0.6 is 11.6 Å². The monoisotopic (exact) mass is 382 g/mol. The number of aromatic hydroxyl groups is 1. The first-order valence-corrected chi connectivity index (χ1v) is 9.55. The normalized spacial score (nSPS) is 25.4. The van der Waals surface area contributed by atoms with E-state index in [1.54, 1.807) is 0 Å². The number of halogens is 1. The Morgan fingerprint density at radius 3 is 2.19 bits per heavy atom. The number of carbonyl (C=O) groups is 3. The number of carbonyl (C=O) groups excluding carboxylic acids is 3. The van der Waals surface area contributed by atoms with Gasteiger partial charge in [0.1, 0.15) is 5.75 Å². The van der Waals surface area contributed by atoms with Gasteiger partial charge in [-0.15, -0.1) is 0 Å². The Kier molecular flexibility index (Phi) is 4.60. The number of hydrogen-bond acceptors (Lipinski definition) is 4. The third-order valence-electron chi connectivity index (χ3n) is 5.91. The average molecular weight is 383 g/mol. The molecule has 1 N–H and O–H groups in total. The summed E-state index contributed by atoms with van der Waals surface area (Å²) in [5.41, 5.74) is 1.24. The second kappa shape index (κ2) is 6.93. The number of hydrogen-bond donors (Lipinski definition) is 1. The first-order valence-electron chi connectivity index (χ1n) is 9.17.